The molecule has 0 aromatic rings. The molecule has 0 aromatic heterocycles. The standard InChI is InChI=1S/C18H34O2.Mg.2H/c1-2-3-4-5-6-7-8-9-10-11-12-13-14-15-16-17-18(19)20;;;/h5-6H,2-4,7-17H2,1H3,(H,19,20);;;/b6-5-;;;. The number of rotatable bonds is 15. The van der Waals surface area contributed by atoms with E-state index in [2.05, 4.69) is 19.1 Å². The molecule has 0 fully saturated rings. The van der Waals surface area contributed by atoms with Crippen molar-refractivity contribution in [2.24, 2.45) is 0 Å². The van der Waals surface area contributed by atoms with Crippen molar-refractivity contribution in [2.75, 3.05) is 0 Å². The first-order valence-corrected chi connectivity index (χ1v) is 8.64. The first kappa shape index (κ1) is 23.2. The average molecular weight is 309 g/mol. The molecule has 0 aliphatic rings. The Morgan fingerprint density at radius 1 is 0.762 bits per heavy atom. The fourth-order valence-electron chi connectivity index (χ4n) is 2.33. The Morgan fingerprint density at radius 2 is 1.19 bits per heavy atom. The molecule has 0 spiro atoms. The van der Waals surface area contributed by atoms with Gasteiger partial charge in [-0.2, -0.15) is 0 Å². The van der Waals surface area contributed by atoms with Crippen LogP contribution in [0, 0.1) is 0 Å². The van der Waals surface area contributed by atoms with E-state index in [1.54, 1.807) is 0 Å². The summed E-state index contributed by atoms with van der Waals surface area (Å²) in [6.07, 6.45) is 21.2. The summed E-state index contributed by atoms with van der Waals surface area (Å²) >= 11 is 0. The van der Waals surface area contributed by atoms with Crippen molar-refractivity contribution in [3.8, 4) is 0 Å². The molecule has 0 aliphatic carbocycles. The number of carbonyl (C=O) groups is 1. The molecule has 0 aliphatic heterocycles. The number of aliphatic carboxylic acids is 1. The van der Waals surface area contributed by atoms with Crippen LogP contribution in [0.25, 0.3) is 0 Å². The van der Waals surface area contributed by atoms with Crippen LogP contribution >= 0.6 is 0 Å². The van der Waals surface area contributed by atoms with Gasteiger partial charge in [0.05, 0.1) is 0 Å². The zero-order valence-corrected chi connectivity index (χ0v) is 13.4. The number of hydrogen-bond donors (Lipinski definition) is 1. The zero-order chi connectivity index (χ0) is 14.9. The van der Waals surface area contributed by atoms with Gasteiger partial charge in [-0.3, -0.25) is 4.79 Å². The van der Waals surface area contributed by atoms with E-state index in [0.29, 0.717) is 6.42 Å². The van der Waals surface area contributed by atoms with E-state index in [0.717, 1.165) is 12.8 Å². The van der Waals surface area contributed by atoms with E-state index in [-0.39, 0.29) is 23.1 Å². The Hall–Kier alpha value is -0.0238. The minimum Gasteiger partial charge on any atom is -0.481 e. The third kappa shape index (κ3) is 22.4. The van der Waals surface area contributed by atoms with E-state index >= 15 is 0 Å². The topological polar surface area (TPSA) is 37.3 Å². The first-order valence-electron chi connectivity index (χ1n) is 8.64. The van der Waals surface area contributed by atoms with Crippen molar-refractivity contribution < 1.29 is 9.90 Å². The second-order valence-corrected chi connectivity index (χ2v) is 5.73. The highest BCUT2D eigenvalue weighted by atomic mass is 24.3. The van der Waals surface area contributed by atoms with Crippen LogP contribution in [-0.2, 0) is 4.79 Å². The lowest BCUT2D eigenvalue weighted by molar-refractivity contribution is -0.137. The van der Waals surface area contributed by atoms with E-state index in [1.807, 2.05) is 0 Å². The van der Waals surface area contributed by atoms with E-state index in [1.165, 1.54) is 70.6 Å². The minimum absolute atomic E-state index is 0. The Bertz CT molecular complexity index is 239. The molecule has 21 heavy (non-hydrogen) atoms. The highest BCUT2D eigenvalue weighted by Gasteiger charge is 1.96. The fraction of sp³-hybridized carbons (Fsp3) is 0.833. The summed E-state index contributed by atoms with van der Waals surface area (Å²) in [5.41, 5.74) is 0. The van der Waals surface area contributed by atoms with Crippen molar-refractivity contribution in [1.29, 1.82) is 0 Å². The van der Waals surface area contributed by atoms with Gasteiger partial charge in [0.15, 0.2) is 0 Å². The predicted molar refractivity (Wildman–Crippen MR) is 95.6 cm³/mol. The van der Waals surface area contributed by atoms with E-state index in [4.69, 9.17) is 5.11 Å². The molecule has 0 aromatic carbocycles. The summed E-state index contributed by atoms with van der Waals surface area (Å²) in [6, 6.07) is 0. The van der Waals surface area contributed by atoms with Gasteiger partial charge in [-0.25, -0.2) is 0 Å². The SMILES string of the molecule is CCCC/C=C\CCCCCCCCCCCC(=O)O.[MgH2]. The number of carboxylic acid groups (broad SMARTS) is 1. The van der Waals surface area contributed by atoms with E-state index < -0.39 is 5.97 Å². The predicted octanol–water partition coefficient (Wildman–Crippen LogP) is 5.19. The maximum atomic E-state index is 10.3. The fourth-order valence-corrected chi connectivity index (χ4v) is 2.33. The smallest absolute Gasteiger partial charge is 0.316 e. The van der Waals surface area contributed by atoms with Crippen LogP contribution in [0.15, 0.2) is 12.2 Å². The van der Waals surface area contributed by atoms with E-state index in [9.17, 15) is 4.79 Å². The van der Waals surface area contributed by atoms with Gasteiger partial charge in [0.2, 0.25) is 0 Å². The molecule has 0 amide bonds. The number of hydrogen-bond acceptors (Lipinski definition) is 1. The molecule has 0 atom stereocenters. The largest absolute Gasteiger partial charge is 0.481 e. The molecule has 0 saturated heterocycles. The maximum Gasteiger partial charge on any atom is 0.316 e. The minimum atomic E-state index is -0.659. The summed E-state index contributed by atoms with van der Waals surface area (Å²) in [5, 5.41) is 8.51. The lowest BCUT2D eigenvalue weighted by Crippen LogP contribution is -1.93. The van der Waals surface area contributed by atoms with Crippen molar-refractivity contribution in [3.05, 3.63) is 12.2 Å². The molecule has 0 saturated carbocycles. The molecular weight excluding hydrogens is 273 g/mol. The Balaban J connectivity index is 0. The molecule has 0 heterocycles. The van der Waals surface area contributed by atoms with Crippen LogP contribution in [0.5, 0.6) is 0 Å². The molecule has 3 heteroatoms. The van der Waals surface area contributed by atoms with Gasteiger partial charge in [-0.15, -0.1) is 0 Å². The maximum absolute atomic E-state index is 10.3. The van der Waals surface area contributed by atoms with Crippen LogP contribution in [0.2, 0.25) is 0 Å². The van der Waals surface area contributed by atoms with Gasteiger partial charge in [-0.1, -0.05) is 76.9 Å². The number of unbranched alkanes of at least 4 members (excludes halogenated alkanes) is 11. The molecule has 0 radical (unpaired) electrons. The first-order chi connectivity index (χ1) is 9.77. The summed E-state index contributed by atoms with van der Waals surface area (Å²) in [4.78, 5) is 10.3. The van der Waals surface area contributed by atoms with Crippen LogP contribution in [-0.4, -0.2) is 34.1 Å². The molecule has 0 unspecified atom stereocenters. The molecule has 2 nitrogen and oxygen atoms in total. The van der Waals surface area contributed by atoms with Crippen LogP contribution in [0.1, 0.15) is 96.8 Å². The van der Waals surface area contributed by atoms with Crippen molar-refractivity contribution in [1.82, 2.24) is 0 Å². The molecule has 0 rings (SSSR count). The van der Waals surface area contributed by atoms with Gasteiger partial charge < -0.3 is 5.11 Å². The molecular formula is C18H36MgO2. The normalized spacial score (nSPS) is 10.7. The van der Waals surface area contributed by atoms with Gasteiger partial charge in [-0.05, 0) is 25.7 Å². The lowest BCUT2D eigenvalue weighted by Gasteiger charge is -2.01. The Morgan fingerprint density at radius 3 is 1.67 bits per heavy atom. The van der Waals surface area contributed by atoms with Crippen LogP contribution < -0.4 is 0 Å². The number of carboxylic acids is 1. The highest BCUT2D eigenvalue weighted by molar-refractivity contribution is 5.75. The van der Waals surface area contributed by atoms with Gasteiger partial charge >= 0.3 is 29.0 Å². The molecule has 1 N–H and O–H groups in total. The second-order valence-electron chi connectivity index (χ2n) is 5.73. The summed E-state index contributed by atoms with van der Waals surface area (Å²) in [7, 11) is 0. The Labute approximate surface area is 147 Å². The monoisotopic (exact) mass is 308 g/mol. The molecule has 0 bridgehead atoms. The van der Waals surface area contributed by atoms with Gasteiger partial charge in [0.25, 0.3) is 0 Å². The quantitative estimate of drug-likeness (QED) is 0.257. The second kappa shape index (κ2) is 20.0. The van der Waals surface area contributed by atoms with Gasteiger partial charge in [0.1, 0.15) is 0 Å². The third-order valence-electron chi connectivity index (χ3n) is 3.65. The van der Waals surface area contributed by atoms with Crippen molar-refractivity contribution >= 4 is 29.0 Å². The third-order valence-corrected chi connectivity index (χ3v) is 3.65. The van der Waals surface area contributed by atoms with Gasteiger partial charge in [0, 0.05) is 6.42 Å². The average Bonchev–Trinajstić information content (AvgIpc) is 2.43. The van der Waals surface area contributed by atoms with Crippen molar-refractivity contribution in [2.45, 2.75) is 96.8 Å². The molecule has 122 valence electrons. The summed E-state index contributed by atoms with van der Waals surface area (Å²) in [5.74, 6) is -0.659. The van der Waals surface area contributed by atoms with Crippen LogP contribution in [0.3, 0.4) is 0 Å². The highest BCUT2D eigenvalue weighted by Crippen LogP contribution is 2.11. The number of allylic oxidation sites excluding steroid dienone is 2. The summed E-state index contributed by atoms with van der Waals surface area (Å²) < 4.78 is 0. The Kier molecular flexibility index (Phi) is 22.1. The van der Waals surface area contributed by atoms with Crippen molar-refractivity contribution in [3.63, 3.8) is 0 Å². The zero-order valence-electron chi connectivity index (χ0n) is 13.4. The van der Waals surface area contributed by atoms with Crippen LogP contribution in [0.4, 0.5) is 0 Å². The summed E-state index contributed by atoms with van der Waals surface area (Å²) in [6.45, 7) is 2.24. The lowest BCUT2D eigenvalue weighted by atomic mass is 10.1.